The molecule has 9 nitrogen and oxygen atoms in total. The molecule has 0 radical (unpaired) electrons. The Kier molecular flexibility index (Phi) is 9.19. The van der Waals surface area contributed by atoms with Gasteiger partial charge in [0.05, 0.1) is 11.3 Å². The number of nitrogens with one attached hydrogen (secondary N) is 2. The van der Waals surface area contributed by atoms with E-state index in [9.17, 15) is 14.4 Å². The molecule has 2 aromatic rings. The average molecular weight is 581 g/mol. The molecule has 0 spiro atoms. The molecule has 1 aromatic heterocycles. The topological polar surface area (TPSA) is 104 Å². The maximum Gasteiger partial charge on any atom is 0.410 e. The van der Waals surface area contributed by atoms with Crippen molar-refractivity contribution in [3.05, 3.63) is 57.3 Å². The molecule has 3 amide bonds. The van der Waals surface area contributed by atoms with Crippen LogP contribution >= 0.6 is 27.5 Å². The van der Waals surface area contributed by atoms with Crippen molar-refractivity contribution in [3.8, 4) is 0 Å². The van der Waals surface area contributed by atoms with Crippen LogP contribution in [0.5, 0.6) is 0 Å². The van der Waals surface area contributed by atoms with Crippen LogP contribution in [0.15, 0.2) is 41.0 Å². The molecule has 0 saturated carbocycles. The van der Waals surface area contributed by atoms with Gasteiger partial charge in [-0.15, -0.1) is 0 Å². The highest BCUT2D eigenvalue weighted by Crippen LogP contribution is 2.30. The van der Waals surface area contributed by atoms with E-state index in [1.807, 2.05) is 26.8 Å². The second-order valence-electron chi connectivity index (χ2n) is 9.73. The zero-order valence-corrected chi connectivity index (χ0v) is 23.1. The summed E-state index contributed by atoms with van der Waals surface area (Å²) in [7, 11) is 1.76. The highest BCUT2D eigenvalue weighted by atomic mass is 79.9. The van der Waals surface area contributed by atoms with Gasteiger partial charge in [-0.3, -0.25) is 20.4 Å². The molecule has 1 aromatic carbocycles. The number of aromatic nitrogens is 1. The van der Waals surface area contributed by atoms with Crippen LogP contribution < -0.4 is 15.8 Å². The maximum absolute atomic E-state index is 13.0. The number of anilines is 1. The average Bonchev–Trinajstić information content (AvgIpc) is 2.81. The predicted molar refractivity (Wildman–Crippen MR) is 142 cm³/mol. The first kappa shape index (κ1) is 27.7. The van der Waals surface area contributed by atoms with E-state index in [2.05, 4.69) is 36.7 Å². The third-order valence-corrected chi connectivity index (χ3v) is 6.38. The third kappa shape index (κ3) is 7.83. The lowest BCUT2D eigenvalue weighted by Crippen LogP contribution is -2.43. The van der Waals surface area contributed by atoms with E-state index in [0.717, 1.165) is 36.1 Å². The Hall–Kier alpha value is -2.85. The third-order valence-electron chi connectivity index (χ3n) is 5.68. The summed E-state index contributed by atoms with van der Waals surface area (Å²) in [6.45, 7) is 7.62. The van der Waals surface area contributed by atoms with E-state index in [0.29, 0.717) is 18.0 Å². The number of halogens is 2. The number of amides is 3. The predicted octanol–water partition coefficient (Wildman–Crippen LogP) is 4.66. The molecule has 0 aliphatic carbocycles. The van der Waals surface area contributed by atoms with E-state index in [1.165, 1.54) is 18.3 Å². The molecule has 194 valence electrons. The van der Waals surface area contributed by atoms with Gasteiger partial charge in [-0.25, -0.2) is 9.78 Å². The Morgan fingerprint density at radius 3 is 2.44 bits per heavy atom. The number of hydrogen-bond donors (Lipinski definition) is 2. The number of piperidine rings is 1. The lowest BCUT2D eigenvalue weighted by Gasteiger charge is -2.36. The Morgan fingerprint density at radius 2 is 1.81 bits per heavy atom. The molecule has 1 aliphatic rings. The number of ether oxygens (including phenoxy) is 1. The van der Waals surface area contributed by atoms with Crippen molar-refractivity contribution in [1.82, 2.24) is 20.7 Å². The molecule has 1 saturated heterocycles. The highest BCUT2D eigenvalue weighted by Gasteiger charge is 2.27. The van der Waals surface area contributed by atoms with E-state index in [1.54, 1.807) is 24.1 Å². The monoisotopic (exact) mass is 579 g/mol. The number of benzene rings is 1. The van der Waals surface area contributed by atoms with E-state index in [-0.39, 0.29) is 16.8 Å². The number of hydrazine groups is 1. The van der Waals surface area contributed by atoms with Gasteiger partial charge in [-0.1, -0.05) is 27.5 Å². The van der Waals surface area contributed by atoms with Crippen molar-refractivity contribution in [2.24, 2.45) is 5.92 Å². The molecule has 3 rings (SSSR count). The molecule has 0 bridgehead atoms. The minimum atomic E-state index is -0.531. The first-order chi connectivity index (χ1) is 16.9. The minimum absolute atomic E-state index is 0.185. The standard InChI is InChI=1S/C25H31BrClN5O4/c1-25(2,3)36-24(35)31(4)15-16-8-11-32(12-9-16)20-14-18(26)5-6-19(20)23(34)30-29-22(33)17-7-10-28-21(27)13-17/h5-7,10,13-14,16H,8-9,11-12,15H2,1-4H3,(H,29,33)(H,30,34). The fraction of sp³-hybridized carbons (Fsp3) is 0.440. The summed E-state index contributed by atoms with van der Waals surface area (Å²) < 4.78 is 6.29. The normalized spacial score (nSPS) is 14.2. The van der Waals surface area contributed by atoms with Crippen molar-refractivity contribution in [2.75, 3.05) is 31.6 Å². The Morgan fingerprint density at radius 1 is 1.14 bits per heavy atom. The Bertz CT molecular complexity index is 1120. The minimum Gasteiger partial charge on any atom is -0.444 e. The van der Waals surface area contributed by atoms with Crippen LogP contribution in [0.2, 0.25) is 5.15 Å². The number of carbonyl (C=O) groups is 3. The molecule has 2 heterocycles. The Balaban J connectivity index is 1.60. The largest absolute Gasteiger partial charge is 0.444 e. The van der Waals surface area contributed by atoms with Gasteiger partial charge in [-0.05, 0) is 69.9 Å². The molecule has 36 heavy (non-hydrogen) atoms. The second-order valence-corrected chi connectivity index (χ2v) is 11.0. The van der Waals surface area contributed by atoms with Gasteiger partial charge in [0.15, 0.2) is 0 Å². The van der Waals surface area contributed by atoms with Crippen LogP contribution in [0.25, 0.3) is 0 Å². The number of carbonyl (C=O) groups excluding carboxylic acids is 3. The van der Waals surface area contributed by atoms with Gasteiger partial charge in [0.2, 0.25) is 0 Å². The quantitative estimate of drug-likeness (QED) is 0.394. The van der Waals surface area contributed by atoms with Crippen molar-refractivity contribution in [3.63, 3.8) is 0 Å². The van der Waals surface area contributed by atoms with Crippen molar-refractivity contribution in [1.29, 1.82) is 0 Å². The molecule has 0 unspecified atom stereocenters. The number of rotatable bonds is 5. The van der Waals surface area contributed by atoms with E-state index >= 15 is 0 Å². The van der Waals surface area contributed by atoms with Crippen molar-refractivity contribution in [2.45, 2.75) is 39.2 Å². The molecule has 1 fully saturated rings. The zero-order valence-electron chi connectivity index (χ0n) is 20.8. The fourth-order valence-electron chi connectivity index (χ4n) is 3.91. The van der Waals surface area contributed by atoms with Crippen LogP contribution in [0.4, 0.5) is 10.5 Å². The van der Waals surface area contributed by atoms with E-state index < -0.39 is 17.4 Å². The lowest BCUT2D eigenvalue weighted by atomic mass is 9.95. The van der Waals surface area contributed by atoms with Gasteiger partial charge in [0.1, 0.15) is 10.8 Å². The summed E-state index contributed by atoms with van der Waals surface area (Å²) in [5, 5.41) is 0.185. The van der Waals surface area contributed by atoms with Gasteiger partial charge in [0.25, 0.3) is 11.8 Å². The van der Waals surface area contributed by atoms with Gasteiger partial charge >= 0.3 is 6.09 Å². The summed E-state index contributed by atoms with van der Waals surface area (Å²) >= 11 is 9.33. The summed E-state index contributed by atoms with van der Waals surface area (Å²) in [6, 6.07) is 8.31. The number of nitrogens with zero attached hydrogens (tertiary/aromatic N) is 3. The Labute approximate surface area is 224 Å². The lowest BCUT2D eigenvalue weighted by molar-refractivity contribution is 0.0266. The van der Waals surface area contributed by atoms with Crippen LogP contribution in [0.1, 0.15) is 54.3 Å². The van der Waals surface area contributed by atoms with Gasteiger partial charge < -0.3 is 14.5 Å². The zero-order chi connectivity index (χ0) is 26.5. The van der Waals surface area contributed by atoms with Gasteiger partial charge in [0, 0.05) is 42.9 Å². The summed E-state index contributed by atoms with van der Waals surface area (Å²) in [6.07, 6.45) is 2.81. The SMILES string of the molecule is CN(CC1CCN(c2cc(Br)ccc2C(=O)NNC(=O)c2ccnc(Cl)c2)CC1)C(=O)OC(C)(C)C. The molecule has 1 aliphatic heterocycles. The summed E-state index contributed by atoms with van der Waals surface area (Å²) in [5.74, 6) is -0.603. The van der Waals surface area contributed by atoms with Gasteiger partial charge in [-0.2, -0.15) is 0 Å². The molecule has 0 atom stereocenters. The highest BCUT2D eigenvalue weighted by molar-refractivity contribution is 9.10. The number of pyridine rings is 1. The van der Waals surface area contributed by atoms with Crippen molar-refractivity contribution < 1.29 is 19.1 Å². The molecule has 2 N–H and O–H groups in total. The first-order valence-electron chi connectivity index (χ1n) is 11.6. The maximum atomic E-state index is 13.0. The molecular weight excluding hydrogens is 550 g/mol. The molecule has 11 heteroatoms. The summed E-state index contributed by atoms with van der Waals surface area (Å²) in [5.41, 5.74) is 5.86. The van der Waals surface area contributed by atoms with Crippen LogP contribution in [0, 0.1) is 5.92 Å². The molecular formula is C25H31BrClN5O4. The fourth-order valence-corrected chi connectivity index (χ4v) is 4.44. The van der Waals surface area contributed by atoms with Crippen LogP contribution in [-0.2, 0) is 4.74 Å². The smallest absolute Gasteiger partial charge is 0.410 e. The summed E-state index contributed by atoms with van der Waals surface area (Å²) in [4.78, 5) is 45.2. The first-order valence-corrected chi connectivity index (χ1v) is 12.8. The van der Waals surface area contributed by atoms with Crippen molar-refractivity contribution >= 4 is 51.1 Å². The second kappa shape index (κ2) is 11.9. The van der Waals surface area contributed by atoms with Crippen LogP contribution in [-0.4, -0.2) is 60.1 Å². The van der Waals surface area contributed by atoms with E-state index in [4.69, 9.17) is 16.3 Å². The van der Waals surface area contributed by atoms with Crippen LogP contribution in [0.3, 0.4) is 0 Å². The number of hydrogen-bond acceptors (Lipinski definition) is 6.